The van der Waals surface area contributed by atoms with E-state index in [1.807, 2.05) is 24.3 Å². The zero-order valence-electron chi connectivity index (χ0n) is 12.3. The Kier molecular flexibility index (Phi) is 6.90. The van der Waals surface area contributed by atoms with Gasteiger partial charge in [0.15, 0.2) is 0 Å². The maximum Gasteiger partial charge on any atom is 0.224 e. The number of halogens is 1. The lowest BCUT2D eigenvalue weighted by Crippen LogP contribution is -2.11. The van der Waals surface area contributed by atoms with Crippen LogP contribution in [0, 0.1) is 0 Å². The van der Waals surface area contributed by atoms with Gasteiger partial charge in [0.05, 0.1) is 6.61 Å². The number of amides is 1. The van der Waals surface area contributed by atoms with E-state index >= 15 is 0 Å². The van der Waals surface area contributed by atoms with Gasteiger partial charge in [0.2, 0.25) is 5.91 Å². The van der Waals surface area contributed by atoms with Crippen LogP contribution in [0.3, 0.4) is 0 Å². The first-order valence-corrected chi connectivity index (χ1v) is 8.11. The Morgan fingerprint density at radius 2 is 1.95 bits per heavy atom. The van der Waals surface area contributed by atoms with Crippen LogP contribution < -0.4 is 10.1 Å². The molecule has 4 nitrogen and oxygen atoms in total. The lowest BCUT2D eigenvalue weighted by molar-refractivity contribution is -0.116. The number of nitrogens with zero attached hydrogens (tertiary/aromatic N) is 1. The summed E-state index contributed by atoms with van der Waals surface area (Å²) in [4.78, 5) is 15.6. The molecule has 0 aliphatic rings. The molecule has 2 rings (SSSR count). The Labute approximate surface area is 139 Å². The molecule has 1 aromatic heterocycles. The first kappa shape index (κ1) is 16.5. The minimum absolute atomic E-state index is 0.0408. The van der Waals surface area contributed by atoms with Crippen LogP contribution in [0.15, 0.2) is 53.3 Å². The monoisotopic (exact) mass is 362 g/mol. The highest BCUT2D eigenvalue weighted by molar-refractivity contribution is 9.10. The van der Waals surface area contributed by atoms with E-state index in [0.29, 0.717) is 13.0 Å². The van der Waals surface area contributed by atoms with E-state index in [1.54, 1.807) is 24.5 Å². The molecule has 0 aliphatic heterocycles. The lowest BCUT2D eigenvalue weighted by Gasteiger charge is -2.07. The van der Waals surface area contributed by atoms with Gasteiger partial charge >= 0.3 is 0 Å². The molecule has 0 atom stereocenters. The normalized spacial score (nSPS) is 10.2. The molecule has 0 aliphatic carbocycles. The van der Waals surface area contributed by atoms with Crippen molar-refractivity contribution < 1.29 is 9.53 Å². The van der Waals surface area contributed by atoms with Crippen molar-refractivity contribution in [2.24, 2.45) is 0 Å². The molecule has 0 unspecified atom stereocenters. The van der Waals surface area contributed by atoms with Crippen molar-refractivity contribution in [3.63, 3.8) is 0 Å². The molecule has 22 heavy (non-hydrogen) atoms. The molecule has 0 spiro atoms. The van der Waals surface area contributed by atoms with Crippen LogP contribution in [0.25, 0.3) is 0 Å². The average molecular weight is 363 g/mol. The minimum Gasteiger partial charge on any atom is -0.494 e. The number of aromatic nitrogens is 1. The smallest absolute Gasteiger partial charge is 0.224 e. The molecule has 1 amide bonds. The number of ether oxygens (including phenoxy) is 1. The average Bonchev–Trinajstić information content (AvgIpc) is 2.52. The van der Waals surface area contributed by atoms with E-state index in [4.69, 9.17) is 4.74 Å². The number of hydrogen-bond acceptors (Lipinski definition) is 3. The maximum absolute atomic E-state index is 11.7. The molecule has 0 radical (unpaired) electrons. The van der Waals surface area contributed by atoms with Crippen molar-refractivity contribution in [3.8, 4) is 5.75 Å². The second kappa shape index (κ2) is 9.20. The summed E-state index contributed by atoms with van der Waals surface area (Å²) in [6.45, 7) is 0.669. The van der Waals surface area contributed by atoms with Crippen molar-refractivity contribution >= 4 is 27.5 Å². The van der Waals surface area contributed by atoms with Crippen LogP contribution >= 0.6 is 15.9 Å². The molecule has 1 N–H and O–H groups in total. The third-order valence-electron chi connectivity index (χ3n) is 3.08. The molecule has 2 aromatic rings. The Balaban J connectivity index is 1.55. The molecule has 0 saturated carbocycles. The molecule has 1 aromatic carbocycles. The van der Waals surface area contributed by atoms with Gasteiger partial charge in [-0.2, -0.15) is 0 Å². The number of benzene rings is 1. The fourth-order valence-corrected chi connectivity index (χ4v) is 2.35. The van der Waals surface area contributed by atoms with Crippen LogP contribution in [0.2, 0.25) is 0 Å². The number of unbranched alkanes of at least 4 members (excludes halogenated alkanes) is 2. The number of pyridine rings is 1. The maximum atomic E-state index is 11.7. The fraction of sp³-hybridized carbons (Fsp3) is 0.294. The quantitative estimate of drug-likeness (QED) is 0.707. The predicted octanol–water partition coefficient (Wildman–Crippen LogP) is 4.42. The number of carbonyl (C=O) groups is 1. The highest BCUT2D eigenvalue weighted by Gasteiger charge is 2.02. The Hall–Kier alpha value is -1.88. The number of rotatable bonds is 8. The fourth-order valence-electron chi connectivity index (χ4n) is 1.97. The number of carbonyl (C=O) groups excluding carboxylic acids is 1. The number of nitrogens with one attached hydrogen (secondary N) is 1. The number of hydrogen-bond donors (Lipinski definition) is 1. The van der Waals surface area contributed by atoms with E-state index in [1.165, 1.54) is 0 Å². The standard InChI is InChI=1S/C17H19BrN2O2/c18-14-5-4-6-16(13-14)22-12-3-1-2-7-17(21)20-15-8-10-19-11-9-15/h4-6,8-11,13H,1-3,7,12H2,(H,19,20,21). The summed E-state index contributed by atoms with van der Waals surface area (Å²) in [5.41, 5.74) is 0.790. The molecule has 0 fully saturated rings. The SMILES string of the molecule is O=C(CCCCCOc1cccc(Br)c1)Nc1ccncc1. The summed E-state index contributed by atoms with van der Waals surface area (Å²) in [6, 6.07) is 11.4. The summed E-state index contributed by atoms with van der Waals surface area (Å²) in [7, 11) is 0. The molecule has 0 saturated heterocycles. The lowest BCUT2D eigenvalue weighted by atomic mass is 10.2. The summed E-state index contributed by atoms with van der Waals surface area (Å²) >= 11 is 3.41. The van der Waals surface area contributed by atoms with Crippen molar-refractivity contribution in [2.45, 2.75) is 25.7 Å². The Morgan fingerprint density at radius 3 is 2.73 bits per heavy atom. The number of anilines is 1. The summed E-state index contributed by atoms with van der Waals surface area (Å²) in [6.07, 6.45) is 6.62. The zero-order valence-corrected chi connectivity index (χ0v) is 13.9. The molecular weight excluding hydrogens is 344 g/mol. The van der Waals surface area contributed by atoms with Gasteiger partial charge in [-0.15, -0.1) is 0 Å². The highest BCUT2D eigenvalue weighted by atomic mass is 79.9. The van der Waals surface area contributed by atoms with Gasteiger partial charge in [0.1, 0.15) is 5.75 Å². The second-order valence-electron chi connectivity index (χ2n) is 4.90. The predicted molar refractivity (Wildman–Crippen MR) is 91.0 cm³/mol. The Bertz CT molecular complexity index is 590. The summed E-state index contributed by atoms with van der Waals surface area (Å²) in [5.74, 6) is 0.906. The van der Waals surface area contributed by atoms with E-state index in [2.05, 4.69) is 26.2 Å². The topological polar surface area (TPSA) is 51.2 Å². The molecule has 0 bridgehead atoms. The Morgan fingerprint density at radius 1 is 1.14 bits per heavy atom. The highest BCUT2D eigenvalue weighted by Crippen LogP contribution is 2.18. The van der Waals surface area contributed by atoms with Crippen LogP contribution in [0.4, 0.5) is 5.69 Å². The summed E-state index contributed by atoms with van der Waals surface area (Å²) < 4.78 is 6.66. The molecule has 1 heterocycles. The van der Waals surface area contributed by atoms with E-state index in [-0.39, 0.29) is 5.91 Å². The molecular formula is C17H19BrN2O2. The van der Waals surface area contributed by atoms with Crippen molar-refractivity contribution in [2.75, 3.05) is 11.9 Å². The van der Waals surface area contributed by atoms with Crippen LogP contribution in [0.1, 0.15) is 25.7 Å². The largest absolute Gasteiger partial charge is 0.494 e. The van der Waals surface area contributed by atoms with Crippen LogP contribution in [0.5, 0.6) is 5.75 Å². The van der Waals surface area contributed by atoms with Crippen LogP contribution in [-0.2, 0) is 4.79 Å². The van der Waals surface area contributed by atoms with Crippen molar-refractivity contribution in [1.29, 1.82) is 0 Å². The van der Waals surface area contributed by atoms with Gasteiger partial charge < -0.3 is 10.1 Å². The third kappa shape index (κ3) is 6.26. The first-order chi connectivity index (χ1) is 10.7. The summed E-state index contributed by atoms with van der Waals surface area (Å²) in [5, 5.41) is 2.85. The minimum atomic E-state index is 0.0408. The van der Waals surface area contributed by atoms with Gasteiger partial charge in [-0.3, -0.25) is 9.78 Å². The van der Waals surface area contributed by atoms with E-state index in [9.17, 15) is 4.79 Å². The van der Waals surface area contributed by atoms with Gasteiger partial charge in [-0.05, 0) is 49.6 Å². The van der Waals surface area contributed by atoms with Crippen molar-refractivity contribution in [3.05, 3.63) is 53.3 Å². The van der Waals surface area contributed by atoms with Gasteiger partial charge in [0.25, 0.3) is 0 Å². The van der Waals surface area contributed by atoms with E-state index in [0.717, 1.165) is 35.2 Å². The zero-order chi connectivity index (χ0) is 15.6. The first-order valence-electron chi connectivity index (χ1n) is 7.32. The van der Waals surface area contributed by atoms with Crippen LogP contribution in [-0.4, -0.2) is 17.5 Å². The second-order valence-corrected chi connectivity index (χ2v) is 5.82. The van der Waals surface area contributed by atoms with E-state index < -0.39 is 0 Å². The van der Waals surface area contributed by atoms with Crippen molar-refractivity contribution in [1.82, 2.24) is 4.98 Å². The molecule has 5 heteroatoms. The van der Waals surface area contributed by atoms with Gasteiger partial charge in [0, 0.05) is 29.0 Å². The third-order valence-corrected chi connectivity index (χ3v) is 3.57. The van der Waals surface area contributed by atoms with Gasteiger partial charge in [-0.1, -0.05) is 22.0 Å². The van der Waals surface area contributed by atoms with Gasteiger partial charge in [-0.25, -0.2) is 0 Å². The molecule has 116 valence electrons.